The summed E-state index contributed by atoms with van der Waals surface area (Å²) in [5, 5.41) is 0.637. The molecule has 0 aliphatic heterocycles. The maximum absolute atomic E-state index is 7.26. The Bertz CT molecular complexity index is 4820. The van der Waals surface area contributed by atoms with Crippen LogP contribution < -0.4 is 164 Å². The number of fused-ring (bicyclic) bond motifs is 10. The SMILES string of the molecule is [B]c1c([B])c(-c2c3c([B])c([B])c([B])c([B])c3c(-c3c([B])c([B])c([B])c4oc5c6c([B])c([B])c([B])c([B])c6c([B])c([B])c5c34)c3c([B])c([B])c([B])c([B])c23)c([B])c([B])c1-c1c([B])c([B])c2c(c1[B])c([B])c([B])c1c([B])c([B])c([B])c([B])c12. The van der Waals surface area contributed by atoms with Crippen LogP contribution in [-0.2, 0) is 0 Å². The summed E-state index contributed by atoms with van der Waals surface area (Å²) in [6, 6.07) is 0. The molecule has 0 N–H and O–H groups in total. The van der Waals surface area contributed by atoms with Crippen molar-refractivity contribution in [3.8, 4) is 33.4 Å². The van der Waals surface area contributed by atoms with Gasteiger partial charge in [0.2, 0.25) is 0 Å². The number of rotatable bonds is 3. The van der Waals surface area contributed by atoms with Crippen LogP contribution in [0.5, 0.6) is 0 Å². The summed E-state index contributed by atoms with van der Waals surface area (Å²) in [7, 11) is 205. The Morgan fingerprint density at radius 3 is 0.691 bits per heavy atom. The fourth-order valence-corrected chi connectivity index (χ4v) is 11.8. The van der Waals surface area contributed by atoms with E-state index in [0.717, 1.165) is 0 Å². The van der Waals surface area contributed by atoms with Gasteiger partial charge in [-0.1, -0.05) is 115 Å². The second kappa shape index (κ2) is 19.4. The van der Waals surface area contributed by atoms with Gasteiger partial charge in [0.25, 0.3) is 0 Å². The Balaban J connectivity index is 1.36. The van der Waals surface area contributed by atoms with E-state index in [0.29, 0.717) is 0 Å². The van der Waals surface area contributed by atoms with Crippen molar-refractivity contribution >= 4 is 475 Å². The number of hydrogen-bond donors (Lipinski definition) is 0. The summed E-state index contributed by atoms with van der Waals surface area (Å²) in [6.07, 6.45) is 0. The van der Waals surface area contributed by atoms with Gasteiger partial charge >= 0.3 is 0 Å². The average Bonchev–Trinajstić information content (AvgIpc) is 3.83. The zero-order valence-electron chi connectivity index (χ0n) is 42.7. The van der Waals surface area contributed by atoms with Gasteiger partial charge in [0.1, 0.15) is 247 Å². The van der Waals surface area contributed by atoms with E-state index in [1.54, 1.807) is 0 Å². The summed E-state index contributed by atoms with van der Waals surface area (Å²) in [6.45, 7) is 0. The van der Waals surface area contributed by atoms with E-state index in [9.17, 15) is 0 Å². The monoisotopic (exact) mass is 946 g/mol. The first-order valence-electron chi connectivity index (χ1n) is 23.8. The van der Waals surface area contributed by atoms with Gasteiger partial charge in [0.15, 0.2) is 0 Å². The molecule has 1 aromatic heterocycles. The smallest absolute Gasteiger partial charge is 0.141 e. The molecule has 0 fully saturated rings. The summed E-state index contributed by atoms with van der Waals surface area (Å²) in [5.41, 5.74) is -5.48. The van der Waals surface area contributed by atoms with Crippen LogP contribution >= 0.6 is 0 Å². The van der Waals surface area contributed by atoms with Crippen molar-refractivity contribution in [2.45, 2.75) is 0 Å². The summed E-state index contributed by atoms with van der Waals surface area (Å²) >= 11 is 0. The topological polar surface area (TPSA) is 13.1 Å². The maximum Gasteiger partial charge on any atom is 0.141 e. The molecule has 0 aliphatic carbocycles. The Kier molecular flexibility index (Phi) is 13.9. The largest absolute Gasteiger partial charge is 0.456 e. The minimum Gasteiger partial charge on any atom is -0.456 e. The van der Waals surface area contributed by atoms with Gasteiger partial charge in [-0.15, -0.1) is 49.2 Å². The van der Waals surface area contributed by atoms with Crippen molar-refractivity contribution in [2.75, 3.05) is 0 Å². The highest BCUT2D eigenvalue weighted by atomic mass is 16.3. The van der Waals surface area contributed by atoms with Crippen molar-refractivity contribution in [1.29, 1.82) is 0 Å². The van der Waals surface area contributed by atoms with Gasteiger partial charge in [-0.05, 0) is 81.9 Å². The lowest BCUT2D eigenvalue weighted by Gasteiger charge is -2.33. The first-order valence-corrected chi connectivity index (χ1v) is 23.8. The highest BCUT2D eigenvalue weighted by Gasteiger charge is 2.32. The molecule has 0 saturated carbocycles. The number of furan rings is 1. The first-order chi connectivity index (χ1) is 37.8. The molecular formula is C50B30O. The van der Waals surface area contributed by atoms with E-state index in [1.165, 1.54) is 0 Å². The van der Waals surface area contributed by atoms with Crippen LogP contribution in [0.4, 0.5) is 0 Å². The molecule has 0 spiro atoms. The maximum atomic E-state index is 7.26. The summed E-state index contributed by atoms with van der Waals surface area (Å²) in [5.74, 6) is 0. The van der Waals surface area contributed by atoms with Crippen molar-refractivity contribution in [3.63, 3.8) is 0 Å². The molecule has 11 aromatic rings. The lowest BCUT2D eigenvalue weighted by Crippen LogP contribution is -2.52. The molecule has 10 aromatic carbocycles. The molecule has 1 nitrogen and oxygen atoms in total. The van der Waals surface area contributed by atoms with Crippen LogP contribution in [0.1, 0.15) is 0 Å². The molecule has 0 atom stereocenters. The van der Waals surface area contributed by atoms with Crippen LogP contribution in [0.25, 0.3) is 109 Å². The third-order valence-electron chi connectivity index (χ3n) is 16.0. The third-order valence-corrected chi connectivity index (χ3v) is 16.0. The number of benzene rings is 10. The highest BCUT2D eigenvalue weighted by Crippen LogP contribution is 2.43. The van der Waals surface area contributed by atoms with E-state index in [2.05, 4.69) is 0 Å². The van der Waals surface area contributed by atoms with Crippen molar-refractivity contribution in [2.24, 2.45) is 0 Å². The van der Waals surface area contributed by atoms with Gasteiger partial charge in [0, 0.05) is 16.2 Å². The quantitative estimate of drug-likeness (QED) is 0.0977. The van der Waals surface area contributed by atoms with Gasteiger partial charge in [-0.25, -0.2) is 0 Å². The number of hydrogen-bond acceptors (Lipinski definition) is 1. The Labute approximate surface area is 509 Å². The molecule has 60 radical (unpaired) electrons. The molecule has 81 heavy (non-hydrogen) atoms. The van der Waals surface area contributed by atoms with Crippen LogP contribution in [-0.4, -0.2) is 235 Å². The molecule has 0 saturated heterocycles. The van der Waals surface area contributed by atoms with Gasteiger partial charge in [-0.3, -0.25) is 0 Å². The fourth-order valence-electron chi connectivity index (χ4n) is 11.8. The molecule has 0 bridgehead atoms. The fraction of sp³-hybridized carbons (Fsp3) is 0. The second-order valence-corrected chi connectivity index (χ2v) is 19.9. The zero-order valence-corrected chi connectivity index (χ0v) is 42.7. The first kappa shape index (κ1) is 58.0. The summed E-state index contributed by atoms with van der Waals surface area (Å²) < 4.78 is 6.63. The molecule has 31 heteroatoms. The summed E-state index contributed by atoms with van der Waals surface area (Å²) in [4.78, 5) is 0. The van der Waals surface area contributed by atoms with Gasteiger partial charge in [-0.2, -0.15) is 0 Å². The minimum absolute atomic E-state index is 0.0204. The Morgan fingerprint density at radius 2 is 0.309 bits per heavy atom. The van der Waals surface area contributed by atoms with Crippen molar-refractivity contribution in [1.82, 2.24) is 0 Å². The van der Waals surface area contributed by atoms with E-state index in [1.807, 2.05) is 0 Å². The predicted octanol–water partition coefficient (Wildman–Crippen LogP) is -21.8. The normalized spacial score (nSPS) is 12.0. The standard InChI is InChI=1S/C50B30O/c51-19-12-8(9-13(30(62)29(12)61)35(67)44(76)43(75)26(9)58)20(52)31(63)14(19)15-32(64)27(59)11(28(60)33(15)65)2-5-3(21(53)39(71)41(73)23(5)55)1(4-6(2)24(56)42(74)40(72)22(4)54)7-10-17-37(69)34(66)16-18(38(70)46(78)45(77)36(16)68)49(17)81-50(10)48(80)47(79)25(7)57. The van der Waals surface area contributed by atoms with E-state index in [4.69, 9.17) is 240 Å². The molecule has 0 amide bonds. The third kappa shape index (κ3) is 7.30. The molecule has 0 aliphatic rings. The molecule has 296 valence electrons. The average molecular weight is 941 g/mol. The zero-order chi connectivity index (χ0) is 59.6. The second-order valence-electron chi connectivity index (χ2n) is 19.9. The van der Waals surface area contributed by atoms with Gasteiger partial charge in [0.05, 0.1) is 0 Å². The van der Waals surface area contributed by atoms with Gasteiger partial charge < -0.3 is 4.42 Å². The van der Waals surface area contributed by atoms with Crippen LogP contribution in [0, 0.1) is 0 Å². The molecule has 11 rings (SSSR count). The lowest BCUT2D eigenvalue weighted by molar-refractivity contribution is 0.676. The molecule has 0 unspecified atom stereocenters. The predicted molar refractivity (Wildman–Crippen MR) is 379 cm³/mol. The van der Waals surface area contributed by atoms with Crippen LogP contribution in [0.15, 0.2) is 4.42 Å². The van der Waals surface area contributed by atoms with E-state index < -0.39 is 0 Å². The molecular weight excluding hydrogens is 941 g/mol. The van der Waals surface area contributed by atoms with E-state index >= 15 is 0 Å². The van der Waals surface area contributed by atoms with Crippen molar-refractivity contribution in [3.05, 3.63) is 0 Å². The Morgan fingerprint density at radius 1 is 0.111 bits per heavy atom. The van der Waals surface area contributed by atoms with Crippen LogP contribution in [0.3, 0.4) is 0 Å². The minimum atomic E-state index is -0.302. The van der Waals surface area contributed by atoms with Crippen molar-refractivity contribution < 1.29 is 4.42 Å². The van der Waals surface area contributed by atoms with E-state index in [-0.39, 0.29) is 273 Å². The molecule has 1 heterocycles. The van der Waals surface area contributed by atoms with Crippen LogP contribution in [0.2, 0.25) is 0 Å². The lowest BCUT2D eigenvalue weighted by atomic mass is 9.55. The Hall–Kier alpha value is -4.75. The highest BCUT2D eigenvalue weighted by molar-refractivity contribution is 6.79.